The molecule has 3 heterocycles. The maximum absolute atomic E-state index is 13.2. The third-order valence-corrected chi connectivity index (χ3v) is 6.72. The van der Waals surface area contributed by atoms with Crippen molar-refractivity contribution in [2.24, 2.45) is 0 Å². The van der Waals surface area contributed by atoms with Crippen LogP contribution >= 0.6 is 24.0 Å². The molecule has 0 spiro atoms. The van der Waals surface area contributed by atoms with Crippen LogP contribution in [-0.2, 0) is 11.3 Å². The van der Waals surface area contributed by atoms with Crippen molar-refractivity contribution in [2.45, 2.75) is 13.5 Å². The van der Waals surface area contributed by atoms with Gasteiger partial charge in [0.05, 0.1) is 17.1 Å². The topological polar surface area (TPSA) is 51.0 Å². The minimum Gasteiger partial charge on any atom is -0.288 e. The number of nitrogens with zero attached hydrogens (tertiary/aromatic N) is 4. The summed E-state index contributed by atoms with van der Waals surface area (Å²) in [4.78, 5) is 19.6. The average molecular weight is 469 g/mol. The van der Waals surface area contributed by atoms with Gasteiger partial charge in [-0.25, -0.2) is 4.68 Å². The molecule has 5 rings (SSSR count). The van der Waals surface area contributed by atoms with Gasteiger partial charge in [-0.3, -0.25) is 14.7 Å². The average Bonchev–Trinajstić information content (AvgIpc) is 3.38. The van der Waals surface area contributed by atoms with E-state index in [1.165, 1.54) is 17.3 Å². The van der Waals surface area contributed by atoms with Gasteiger partial charge in [-0.2, -0.15) is 5.10 Å². The molecule has 0 N–H and O–H groups in total. The lowest BCUT2D eigenvalue weighted by Crippen LogP contribution is -2.27. The van der Waals surface area contributed by atoms with Gasteiger partial charge in [0.25, 0.3) is 5.91 Å². The monoisotopic (exact) mass is 468 g/mol. The lowest BCUT2D eigenvalue weighted by atomic mass is 10.1. The van der Waals surface area contributed by atoms with Gasteiger partial charge in [-0.05, 0) is 42.8 Å². The molecule has 1 saturated heterocycles. The van der Waals surface area contributed by atoms with E-state index in [0.717, 1.165) is 28.1 Å². The Kier molecular flexibility index (Phi) is 5.90. The normalized spacial score (nSPS) is 14.9. The number of aromatic nitrogens is 3. The molecule has 0 saturated carbocycles. The van der Waals surface area contributed by atoms with E-state index >= 15 is 0 Å². The molecule has 1 amide bonds. The first-order valence-corrected chi connectivity index (χ1v) is 11.7. The van der Waals surface area contributed by atoms with E-state index in [1.54, 1.807) is 17.3 Å². The number of thiocarbonyl (C=S) groups is 1. The number of thioether (sulfide) groups is 1. The van der Waals surface area contributed by atoms with Gasteiger partial charge in [0, 0.05) is 29.7 Å². The second-order valence-electron chi connectivity index (χ2n) is 7.70. The maximum atomic E-state index is 13.2. The first-order chi connectivity index (χ1) is 16.1. The van der Waals surface area contributed by atoms with Gasteiger partial charge in [0.1, 0.15) is 10.0 Å². The number of hydrogen-bond acceptors (Lipinski definition) is 5. The zero-order chi connectivity index (χ0) is 22.8. The minimum atomic E-state index is -0.0845. The van der Waals surface area contributed by atoms with Crippen LogP contribution in [0.15, 0.2) is 90.2 Å². The molecule has 4 aromatic rings. The molecule has 2 aromatic carbocycles. The summed E-state index contributed by atoms with van der Waals surface area (Å²) in [5, 5.41) is 4.81. The lowest BCUT2D eigenvalue weighted by molar-refractivity contribution is -0.122. The van der Waals surface area contributed by atoms with Crippen LogP contribution in [0.4, 0.5) is 0 Å². The molecule has 1 aliphatic rings. The number of carbonyl (C=O) groups is 1. The number of benzene rings is 2. The lowest BCUT2D eigenvalue weighted by Gasteiger charge is -2.14. The predicted octanol–water partition coefficient (Wildman–Crippen LogP) is 5.64. The van der Waals surface area contributed by atoms with Crippen molar-refractivity contribution >= 4 is 40.3 Å². The summed E-state index contributed by atoms with van der Waals surface area (Å²) in [6, 6.07) is 21.9. The van der Waals surface area contributed by atoms with E-state index in [-0.39, 0.29) is 5.91 Å². The van der Waals surface area contributed by atoms with Gasteiger partial charge in [-0.1, -0.05) is 72.0 Å². The fourth-order valence-corrected chi connectivity index (χ4v) is 4.84. The van der Waals surface area contributed by atoms with Crippen LogP contribution in [0.25, 0.3) is 23.0 Å². The fraction of sp³-hybridized carbons (Fsp3) is 0.0769. The van der Waals surface area contributed by atoms with Crippen molar-refractivity contribution in [1.29, 1.82) is 0 Å². The van der Waals surface area contributed by atoms with Crippen molar-refractivity contribution in [3.8, 4) is 16.9 Å². The first kappa shape index (κ1) is 21.3. The third-order valence-electron chi connectivity index (χ3n) is 5.34. The molecule has 0 bridgehead atoms. The fourth-order valence-electron chi connectivity index (χ4n) is 3.59. The highest BCUT2D eigenvalue weighted by Gasteiger charge is 2.32. The van der Waals surface area contributed by atoms with Crippen LogP contribution in [0.1, 0.15) is 16.7 Å². The Balaban J connectivity index is 1.50. The van der Waals surface area contributed by atoms with Crippen LogP contribution < -0.4 is 0 Å². The van der Waals surface area contributed by atoms with Crippen molar-refractivity contribution < 1.29 is 4.79 Å². The number of para-hydroxylation sites is 1. The number of amides is 1. The Morgan fingerprint density at radius 3 is 2.45 bits per heavy atom. The number of rotatable bonds is 5. The zero-order valence-electron chi connectivity index (χ0n) is 17.9. The molecule has 0 unspecified atom stereocenters. The maximum Gasteiger partial charge on any atom is 0.266 e. The summed E-state index contributed by atoms with van der Waals surface area (Å²) in [6.45, 7) is 2.50. The highest BCUT2D eigenvalue weighted by Crippen LogP contribution is 2.35. The van der Waals surface area contributed by atoms with Crippen molar-refractivity contribution in [2.75, 3.05) is 0 Å². The Hall–Kier alpha value is -3.55. The molecule has 1 aliphatic heterocycles. The van der Waals surface area contributed by atoms with Crippen LogP contribution in [0, 0.1) is 6.92 Å². The molecule has 0 aliphatic carbocycles. The van der Waals surface area contributed by atoms with Crippen molar-refractivity contribution in [1.82, 2.24) is 19.7 Å². The molecule has 5 nitrogen and oxygen atoms in total. The highest BCUT2D eigenvalue weighted by molar-refractivity contribution is 8.26. The van der Waals surface area contributed by atoms with E-state index in [4.69, 9.17) is 17.3 Å². The Bertz CT molecular complexity index is 1350. The van der Waals surface area contributed by atoms with E-state index in [2.05, 4.69) is 4.98 Å². The summed E-state index contributed by atoms with van der Waals surface area (Å²) < 4.78 is 2.39. The number of hydrogen-bond donors (Lipinski definition) is 0. The van der Waals surface area contributed by atoms with Gasteiger partial charge >= 0.3 is 0 Å². The molecule has 33 heavy (non-hydrogen) atoms. The van der Waals surface area contributed by atoms with Crippen molar-refractivity contribution in [3.05, 3.63) is 107 Å². The van der Waals surface area contributed by atoms with E-state index in [1.807, 2.05) is 90.6 Å². The smallest absolute Gasteiger partial charge is 0.266 e. The second kappa shape index (κ2) is 9.13. The van der Waals surface area contributed by atoms with Gasteiger partial charge in [0.15, 0.2) is 0 Å². The predicted molar refractivity (Wildman–Crippen MR) is 137 cm³/mol. The first-order valence-electron chi connectivity index (χ1n) is 10.4. The summed E-state index contributed by atoms with van der Waals surface area (Å²) in [5.74, 6) is -0.0845. The largest absolute Gasteiger partial charge is 0.288 e. The van der Waals surface area contributed by atoms with Crippen LogP contribution in [0.2, 0.25) is 0 Å². The minimum absolute atomic E-state index is 0.0845. The van der Waals surface area contributed by atoms with Gasteiger partial charge in [-0.15, -0.1) is 0 Å². The second-order valence-corrected chi connectivity index (χ2v) is 9.38. The molecule has 2 aromatic heterocycles. The summed E-state index contributed by atoms with van der Waals surface area (Å²) in [5.41, 5.74) is 5.74. The van der Waals surface area contributed by atoms with E-state index in [9.17, 15) is 4.79 Å². The molecular formula is C26H20N4OS2. The van der Waals surface area contributed by atoms with Crippen molar-refractivity contribution in [3.63, 3.8) is 0 Å². The molecule has 1 fully saturated rings. The summed E-state index contributed by atoms with van der Waals surface area (Å²) in [7, 11) is 0. The van der Waals surface area contributed by atoms with Crippen LogP contribution in [-0.4, -0.2) is 29.9 Å². The zero-order valence-corrected chi connectivity index (χ0v) is 19.5. The van der Waals surface area contributed by atoms with Crippen LogP contribution in [0.3, 0.4) is 0 Å². The highest BCUT2D eigenvalue weighted by atomic mass is 32.2. The van der Waals surface area contributed by atoms with Crippen LogP contribution in [0.5, 0.6) is 0 Å². The molecular weight excluding hydrogens is 448 g/mol. The standard InChI is InChI=1S/C26H20N4OS2/c1-18-7-9-19(10-8-18)16-29-25(31)23(33-26(29)32)15-21-17-30(22-5-3-2-4-6-22)28-24(21)20-11-13-27-14-12-20/h2-15,17H,16H2,1H3/b23-15-. The Morgan fingerprint density at radius 2 is 1.73 bits per heavy atom. The number of pyridine rings is 1. The van der Waals surface area contributed by atoms with Gasteiger partial charge in [0.2, 0.25) is 0 Å². The third kappa shape index (κ3) is 4.51. The molecule has 162 valence electrons. The summed E-state index contributed by atoms with van der Waals surface area (Å²) in [6.07, 6.45) is 7.30. The quantitative estimate of drug-likeness (QED) is 0.280. The number of carbonyl (C=O) groups excluding carboxylic acids is 1. The molecule has 7 heteroatoms. The molecule has 0 radical (unpaired) electrons. The van der Waals surface area contributed by atoms with Gasteiger partial charge < -0.3 is 0 Å². The Morgan fingerprint density at radius 1 is 1.00 bits per heavy atom. The molecule has 0 atom stereocenters. The van der Waals surface area contributed by atoms with E-state index in [0.29, 0.717) is 15.8 Å². The number of aryl methyl sites for hydroxylation is 1. The SMILES string of the molecule is Cc1ccc(CN2C(=O)/C(=C/c3cn(-c4ccccc4)nc3-c3ccncc3)SC2=S)cc1. The van der Waals surface area contributed by atoms with E-state index < -0.39 is 0 Å². The summed E-state index contributed by atoms with van der Waals surface area (Å²) >= 11 is 6.87. The Labute approximate surface area is 201 Å².